The van der Waals surface area contributed by atoms with Crippen LogP contribution in [-0.4, -0.2) is 38.1 Å². The van der Waals surface area contributed by atoms with Crippen molar-refractivity contribution in [2.24, 2.45) is 0 Å². The summed E-state index contributed by atoms with van der Waals surface area (Å²) < 4.78 is 2.10. The molecule has 1 unspecified atom stereocenters. The molecule has 2 amide bonds. The monoisotopic (exact) mass is 351 g/mol. The lowest BCUT2D eigenvalue weighted by Gasteiger charge is -2.25. The Morgan fingerprint density at radius 3 is 3.04 bits per heavy atom. The molecule has 4 rings (SSSR count). The van der Waals surface area contributed by atoms with Gasteiger partial charge >= 0.3 is 6.03 Å². The summed E-state index contributed by atoms with van der Waals surface area (Å²) in [5, 5.41) is 2.87. The molecule has 3 aromatic rings. The number of benzene rings is 1. The van der Waals surface area contributed by atoms with Gasteiger partial charge in [-0.3, -0.25) is 4.79 Å². The van der Waals surface area contributed by atoms with E-state index >= 15 is 0 Å². The summed E-state index contributed by atoms with van der Waals surface area (Å²) in [5.41, 5.74) is 2.42. The van der Waals surface area contributed by atoms with Crippen molar-refractivity contribution in [3.05, 3.63) is 64.8 Å². The Kier molecular flexibility index (Phi) is 4.43. The molecule has 0 aliphatic carbocycles. The van der Waals surface area contributed by atoms with E-state index in [2.05, 4.69) is 19.9 Å². The molecule has 26 heavy (non-hydrogen) atoms. The van der Waals surface area contributed by atoms with Gasteiger partial charge in [-0.25, -0.2) is 9.78 Å². The number of fused-ring (bicyclic) bond motifs is 1. The van der Waals surface area contributed by atoms with Crippen molar-refractivity contribution in [1.82, 2.24) is 24.8 Å². The number of hydrogen-bond acceptors (Lipinski definition) is 3. The van der Waals surface area contributed by atoms with Crippen molar-refractivity contribution in [2.75, 3.05) is 6.54 Å². The Balaban J connectivity index is 1.43. The maximum atomic E-state index is 12.6. The van der Waals surface area contributed by atoms with Crippen LogP contribution in [0.3, 0.4) is 0 Å². The molecule has 0 saturated carbocycles. The van der Waals surface area contributed by atoms with Crippen LogP contribution >= 0.6 is 0 Å². The van der Waals surface area contributed by atoms with Crippen LogP contribution in [0.15, 0.2) is 53.7 Å². The first-order chi connectivity index (χ1) is 12.7. The summed E-state index contributed by atoms with van der Waals surface area (Å²) in [6, 6.07) is 11.5. The molecule has 2 aromatic heterocycles. The van der Waals surface area contributed by atoms with Crippen molar-refractivity contribution < 1.29 is 4.79 Å². The maximum Gasteiger partial charge on any atom is 0.317 e. The van der Waals surface area contributed by atoms with Gasteiger partial charge in [0.25, 0.3) is 5.56 Å². The number of pyridine rings is 1. The molecule has 7 nitrogen and oxygen atoms in total. The van der Waals surface area contributed by atoms with E-state index < -0.39 is 0 Å². The maximum absolute atomic E-state index is 12.6. The molecular weight excluding hydrogens is 330 g/mol. The molecule has 1 atom stereocenters. The fourth-order valence-corrected chi connectivity index (χ4v) is 3.54. The molecule has 7 heteroatoms. The number of aromatic amines is 1. The zero-order valence-electron chi connectivity index (χ0n) is 14.4. The molecule has 0 spiro atoms. The van der Waals surface area contributed by atoms with E-state index in [0.717, 1.165) is 37.0 Å². The van der Waals surface area contributed by atoms with E-state index in [1.165, 1.54) is 0 Å². The first kappa shape index (κ1) is 16.4. The molecule has 1 aromatic carbocycles. The standard InChI is InChI=1S/C19H21N5O2/c25-18-14(5-3-9-20-18)11-21-19(26)24-10-4-6-15(24)12-23-13-22-16-7-1-2-8-17(16)23/h1-3,5,7-9,13,15H,4,6,10-12H2,(H,20,25)(H,21,26). The topological polar surface area (TPSA) is 83.0 Å². The third-order valence-corrected chi connectivity index (χ3v) is 4.90. The van der Waals surface area contributed by atoms with Crippen LogP contribution in [0.1, 0.15) is 18.4 Å². The summed E-state index contributed by atoms with van der Waals surface area (Å²) >= 11 is 0. The fourth-order valence-electron chi connectivity index (χ4n) is 3.54. The van der Waals surface area contributed by atoms with Crippen molar-refractivity contribution in [1.29, 1.82) is 0 Å². The fraction of sp³-hybridized carbons (Fsp3) is 0.316. The molecule has 1 saturated heterocycles. The Morgan fingerprint density at radius 1 is 1.27 bits per heavy atom. The Labute approximate surface area is 150 Å². The van der Waals surface area contributed by atoms with Gasteiger partial charge in [-0.2, -0.15) is 0 Å². The number of nitrogens with one attached hydrogen (secondary N) is 2. The molecule has 2 N–H and O–H groups in total. The highest BCUT2D eigenvalue weighted by Crippen LogP contribution is 2.21. The number of H-pyrrole nitrogens is 1. The van der Waals surface area contributed by atoms with Crippen LogP contribution in [0.5, 0.6) is 0 Å². The van der Waals surface area contributed by atoms with Gasteiger partial charge in [0.2, 0.25) is 0 Å². The highest BCUT2D eigenvalue weighted by molar-refractivity contribution is 5.76. The molecule has 0 radical (unpaired) electrons. The summed E-state index contributed by atoms with van der Waals surface area (Å²) in [7, 11) is 0. The van der Waals surface area contributed by atoms with Gasteiger partial charge in [-0.15, -0.1) is 0 Å². The largest absolute Gasteiger partial charge is 0.334 e. The minimum atomic E-state index is -0.171. The number of carbonyl (C=O) groups is 1. The predicted molar refractivity (Wildman–Crippen MR) is 98.8 cm³/mol. The Hall–Kier alpha value is -3.09. The minimum absolute atomic E-state index is 0.125. The highest BCUT2D eigenvalue weighted by atomic mass is 16.2. The highest BCUT2D eigenvalue weighted by Gasteiger charge is 2.29. The average molecular weight is 351 g/mol. The summed E-state index contributed by atoms with van der Waals surface area (Å²) in [6.07, 6.45) is 5.37. The third kappa shape index (κ3) is 3.20. The molecule has 1 aliphatic rings. The van der Waals surface area contributed by atoms with Gasteiger partial charge < -0.3 is 19.8 Å². The SMILES string of the molecule is O=C(NCc1ccc[nH]c1=O)N1CCCC1Cn1cnc2ccccc21. The van der Waals surface area contributed by atoms with E-state index in [1.807, 2.05) is 35.5 Å². The molecule has 1 fully saturated rings. The smallest absolute Gasteiger partial charge is 0.317 e. The quantitative estimate of drug-likeness (QED) is 0.755. The summed E-state index contributed by atoms with van der Waals surface area (Å²) in [6.45, 7) is 1.68. The summed E-state index contributed by atoms with van der Waals surface area (Å²) in [5.74, 6) is 0. The van der Waals surface area contributed by atoms with Gasteiger partial charge in [-0.05, 0) is 31.0 Å². The first-order valence-corrected chi connectivity index (χ1v) is 8.83. The van der Waals surface area contributed by atoms with Crippen LogP contribution in [0.4, 0.5) is 4.79 Å². The van der Waals surface area contributed by atoms with Gasteiger partial charge in [0, 0.05) is 31.4 Å². The number of amides is 2. The van der Waals surface area contributed by atoms with E-state index in [4.69, 9.17) is 0 Å². The predicted octanol–water partition coefficient (Wildman–Crippen LogP) is 2.10. The number of likely N-dealkylation sites (tertiary alicyclic amines) is 1. The zero-order valence-corrected chi connectivity index (χ0v) is 14.4. The lowest BCUT2D eigenvalue weighted by Crippen LogP contribution is -2.44. The van der Waals surface area contributed by atoms with Crippen LogP contribution in [-0.2, 0) is 13.1 Å². The number of para-hydroxylation sites is 2. The normalized spacial score (nSPS) is 16.9. The second-order valence-electron chi connectivity index (χ2n) is 6.56. The van der Waals surface area contributed by atoms with Crippen LogP contribution in [0, 0.1) is 0 Å². The Bertz CT molecular complexity index is 977. The number of rotatable bonds is 4. The van der Waals surface area contributed by atoms with E-state index in [9.17, 15) is 9.59 Å². The second kappa shape index (κ2) is 7.03. The minimum Gasteiger partial charge on any atom is -0.334 e. The average Bonchev–Trinajstić information content (AvgIpc) is 3.29. The van der Waals surface area contributed by atoms with Crippen molar-refractivity contribution in [3.8, 4) is 0 Å². The van der Waals surface area contributed by atoms with E-state index in [1.54, 1.807) is 18.3 Å². The van der Waals surface area contributed by atoms with Gasteiger partial charge in [0.05, 0.1) is 23.4 Å². The lowest BCUT2D eigenvalue weighted by atomic mass is 10.2. The van der Waals surface area contributed by atoms with Crippen LogP contribution in [0.2, 0.25) is 0 Å². The van der Waals surface area contributed by atoms with Crippen molar-refractivity contribution >= 4 is 17.1 Å². The zero-order chi connectivity index (χ0) is 17.9. The third-order valence-electron chi connectivity index (χ3n) is 4.90. The van der Waals surface area contributed by atoms with Crippen molar-refractivity contribution in [3.63, 3.8) is 0 Å². The lowest BCUT2D eigenvalue weighted by molar-refractivity contribution is 0.187. The molecule has 134 valence electrons. The number of imidazole rings is 1. The number of hydrogen-bond donors (Lipinski definition) is 2. The van der Waals surface area contributed by atoms with Crippen molar-refractivity contribution in [2.45, 2.75) is 32.0 Å². The Morgan fingerprint density at radius 2 is 2.15 bits per heavy atom. The van der Waals surface area contributed by atoms with E-state index in [-0.39, 0.29) is 24.2 Å². The number of nitrogens with zero attached hydrogens (tertiary/aromatic N) is 3. The van der Waals surface area contributed by atoms with E-state index in [0.29, 0.717) is 5.56 Å². The number of carbonyl (C=O) groups excluding carboxylic acids is 1. The first-order valence-electron chi connectivity index (χ1n) is 8.83. The molecule has 3 heterocycles. The number of aromatic nitrogens is 3. The molecular formula is C19H21N5O2. The van der Waals surface area contributed by atoms with Gasteiger partial charge in [0.15, 0.2) is 0 Å². The number of urea groups is 1. The molecule has 1 aliphatic heterocycles. The molecule has 0 bridgehead atoms. The van der Waals surface area contributed by atoms with Gasteiger partial charge in [0.1, 0.15) is 0 Å². The van der Waals surface area contributed by atoms with Crippen LogP contribution in [0.25, 0.3) is 11.0 Å². The van der Waals surface area contributed by atoms with Crippen LogP contribution < -0.4 is 10.9 Å². The van der Waals surface area contributed by atoms with Gasteiger partial charge in [-0.1, -0.05) is 18.2 Å². The second-order valence-corrected chi connectivity index (χ2v) is 6.56. The summed E-state index contributed by atoms with van der Waals surface area (Å²) in [4.78, 5) is 33.2.